The van der Waals surface area contributed by atoms with E-state index in [-0.39, 0.29) is 5.41 Å². The second kappa shape index (κ2) is 5.59. The SMILES string of the molecule is CC(C)(C)c1ccc(Sc2nc(Cl)nc3sccc23)cc1. The number of halogens is 1. The Morgan fingerprint density at radius 3 is 2.43 bits per heavy atom. The minimum Gasteiger partial charge on any atom is -0.210 e. The summed E-state index contributed by atoms with van der Waals surface area (Å²) in [6.45, 7) is 6.65. The van der Waals surface area contributed by atoms with Gasteiger partial charge in [0.1, 0.15) is 9.86 Å². The molecule has 108 valence electrons. The van der Waals surface area contributed by atoms with Gasteiger partial charge < -0.3 is 0 Å². The van der Waals surface area contributed by atoms with Gasteiger partial charge in [0.15, 0.2) is 0 Å². The lowest BCUT2D eigenvalue weighted by atomic mass is 9.87. The molecule has 0 aliphatic rings. The topological polar surface area (TPSA) is 25.8 Å². The van der Waals surface area contributed by atoms with Crippen LogP contribution in [0.15, 0.2) is 45.6 Å². The first-order valence-electron chi connectivity index (χ1n) is 6.62. The Kier molecular flexibility index (Phi) is 3.95. The maximum absolute atomic E-state index is 6.00. The lowest BCUT2D eigenvalue weighted by Crippen LogP contribution is -2.10. The van der Waals surface area contributed by atoms with Crippen molar-refractivity contribution in [3.8, 4) is 0 Å². The van der Waals surface area contributed by atoms with Gasteiger partial charge in [0.2, 0.25) is 5.28 Å². The predicted molar refractivity (Wildman–Crippen MR) is 91.7 cm³/mol. The van der Waals surface area contributed by atoms with Crippen molar-refractivity contribution in [2.24, 2.45) is 0 Å². The zero-order chi connectivity index (χ0) is 15.0. The molecule has 0 spiro atoms. The van der Waals surface area contributed by atoms with Crippen molar-refractivity contribution in [2.75, 3.05) is 0 Å². The molecule has 5 heteroatoms. The van der Waals surface area contributed by atoms with E-state index in [0.717, 1.165) is 20.1 Å². The van der Waals surface area contributed by atoms with Crippen LogP contribution in [0.25, 0.3) is 10.2 Å². The molecule has 1 aromatic carbocycles. The van der Waals surface area contributed by atoms with Crippen LogP contribution in [-0.4, -0.2) is 9.97 Å². The van der Waals surface area contributed by atoms with Gasteiger partial charge in [0.05, 0.1) is 0 Å². The van der Waals surface area contributed by atoms with E-state index in [4.69, 9.17) is 11.6 Å². The highest BCUT2D eigenvalue weighted by Crippen LogP contribution is 2.35. The van der Waals surface area contributed by atoms with Crippen LogP contribution in [0.3, 0.4) is 0 Å². The summed E-state index contributed by atoms with van der Waals surface area (Å²) in [5.74, 6) is 0. The van der Waals surface area contributed by atoms with Gasteiger partial charge in [0, 0.05) is 10.3 Å². The molecule has 0 fully saturated rings. The Morgan fingerprint density at radius 1 is 1.05 bits per heavy atom. The maximum atomic E-state index is 6.00. The zero-order valence-electron chi connectivity index (χ0n) is 12.1. The summed E-state index contributed by atoms with van der Waals surface area (Å²) in [6.07, 6.45) is 0. The van der Waals surface area contributed by atoms with Gasteiger partial charge in [-0.25, -0.2) is 9.97 Å². The average Bonchev–Trinajstić information content (AvgIpc) is 2.86. The zero-order valence-corrected chi connectivity index (χ0v) is 14.4. The van der Waals surface area contributed by atoms with Crippen LogP contribution < -0.4 is 0 Å². The summed E-state index contributed by atoms with van der Waals surface area (Å²) in [4.78, 5) is 10.7. The Hall–Kier alpha value is -1.10. The average molecular weight is 335 g/mol. The van der Waals surface area contributed by atoms with Gasteiger partial charge in [0.25, 0.3) is 0 Å². The van der Waals surface area contributed by atoms with Gasteiger partial charge in [-0.1, -0.05) is 44.7 Å². The highest BCUT2D eigenvalue weighted by molar-refractivity contribution is 7.99. The summed E-state index contributed by atoms with van der Waals surface area (Å²) in [7, 11) is 0. The minimum absolute atomic E-state index is 0.169. The van der Waals surface area contributed by atoms with E-state index >= 15 is 0 Å². The summed E-state index contributed by atoms with van der Waals surface area (Å²) in [6, 6.07) is 10.7. The second-order valence-corrected chi connectivity index (χ2v) is 8.11. The van der Waals surface area contributed by atoms with Crippen molar-refractivity contribution in [3.63, 3.8) is 0 Å². The molecule has 0 amide bonds. The van der Waals surface area contributed by atoms with E-state index in [1.807, 2.05) is 11.4 Å². The molecule has 0 aliphatic carbocycles. The summed E-state index contributed by atoms with van der Waals surface area (Å²) in [5, 5.41) is 4.30. The fourth-order valence-electron chi connectivity index (χ4n) is 2.02. The van der Waals surface area contributed by atoms with Crippen LogP contribution in [0.1, 0.15) is 26.3 Å². The van der Waals surface area contributed by atoms with Gasteiger partial charge in [-0.3, -0.25) is 0 Å². The minimum atomic E-state index is 0.169. The molecular weight excluding hydrogens is 320 g/mol. The van der Waals surface area contributed by atoms with Gasteiger partial charge >= 0.3 is 0 Å². The Morgan fingerprint density at radius 2 is 1.76 bits per heavy atom. The van der Waals surface area contributed by atoms with Crippen LogP contribution >= 0.6 is 34.7 Å². The normalized spacial score (nSPS) is 12.0. The number of aromatic nitrogens is 2. The monoisotopic (exact) mass is 334 g/mol. The lowest BCUT2D eigenvalue weighted by Gasteiger charge is -2.19. The third-order valence-electron chi connectivity index (χ3n) is 3.20. The number of hydrogen-bond acceptors (Lipinski definition) is 4. The highest BCUT2D eigenvalue weighted by Gasteiger charge is 2.14. The van der Waals surface area contributed by atoms with Crippen LogP contribution in [-0.2, 0) is 5.41 Å². The highest BCUT2D eigenvalue weighted by atomic mass is 35.5. The van der Waals surface area contributed by atoms with Crippen LogP contribution in [0.2, 0.25) is 5.28 Å². The molecule has 0 atom stereocenters. The summed E-state index contributed by atoms with van der Waals surface area (Å²) >= 11 is 9.21. The smallest absolute Gasteiger partial charge is 0.210 e. The predicted octanol–water partition coefficient (Wildman–Crippen LogP) is 5.79. The van der Waals surface area contributed by atoms with Crippen molar-refractivity contribution in [2.45, 2.75) is 36.1 Å². The molecule has 21 heavy (non-hydrogen) atoms. The van der Waals surface area contributed by atoms with Gasteiger partial charge in [-0.15, -0.1) is 11.3 Å². The molecular formula is C16H15ClN2S2. The molecule has 2 nitrogen and oxygen atoms in total. The van der Waals surface area contributed by atoms with Crippen molar-refractivity contribution < 1.29 is 0 Å². The largest absolute Gasteiger partial charge is 0.224 e. The van der Waals surface area contributed by atoms with Gasteiger partial charge in [-0.05, 0) is 46.2 Å². The molecule has 0 bridgehead atoms. The molecule has 2 heterocycles. The summed E-state index contributed by atoms with van der Waals surface area (Å²) < 4.78 is 0. The standard InChI is InChI=1S/C16H15ClN2S2/c1-16(2,3)10-4-6-11(7-5-10)21-14-12-8-9-20-13(12)18-15(17)19-14/h4-9H,1-3H3. The van der Waals surface area contributed by atoms with Crippen molar-refractivity contribution in [1.82, 2.24) is 9.97 Å². The lowest BCUT2D eigenvalue weighted by molar-refractivity contribution is 0.590. The first kappa shape index (κ1) is 14.8. The molecule has 2 aromatic heterocycles. The molecule has 0 N–H and O–H groups in total. The van der Waals surface area contributed by atoms with Crippen LogP contribution in [0.4, 0.5) is 0 Å². The molecule has 3 aromatic rings. The number of rotatable bonds is 2. The number of benzene rings is 1. The third-order valence-corrected chi connectivity index (χ3v) is 5.19. The Labute approximate surface area is 137 Å². The van der Waals surface area contributed by atoms with Crippen molar-refractivity contribution in [3.05, 3.63) is 46.6 Å². The summed E-state index contributed by atoms with van der Waals surface area (Å²) in [5.41, 5.74) is 1.50. The van der Waals surface area contributed by atoms with Crippen molar-refractivity contribution >= 4 is 44.9 Å². The van der Waals surface area contributed by atoms with Crippen LogP contribution in [0.5, 0.6) is 0 Å². The number of nitrogens with zero attached hydrogens (tertiary/aromatic N) is 2. The van der Waals surface area contributed by atoms with E-state index in [1.54, 1.807) is 23.1 Å². The molecule has 0 unspecified atom stereocenters. The maximum Gasteiger partial charge on any atom is 0.224 e. The third kappa shape index (κ3) is 3.23. The molecule has 0 aliphatic heterocycles. The first-order chi connectivity index (χ1) is 9.93. The van der Waals surface area contributed by atoms with Crippen molar-refractivity contribution in [1.29, 1.82) is 0 Å². The number of thiophene rings is 1. The van der Waals surface area contributed by atoms with E-state index in [1.165, 1.54) is 5.56 Å². The molecule has 3 rings (SSSR count). The fourth-order valence-corrected chi connectivity index (χ4v) is 4.02. The molecule has 0 radical (unpaired) electrons. The first-order valence-corrected chi connectivity index (χ1v) is 8.70. The van der Waals surface area contributed by atoms with Gasteiger partial charge in [-0.2, -0.15) is 0 Å². The number of hydrogen-bond donors (Lipinski definition) is 0. The quantitative estimate of drug-likeness (QED) is 0.438. The Balaban J connectivity index is 1.93. The fraction of sp³-hybridized carbons (Fsp3) is 0.250. The van der Waals surface area contributed by atoms with Crippen LogP contribution in [0, 0.1) is 0 Å². The van der Waals surface area contributed by atoms with E-state index in [9.17, 15) is 0 Å². The van der Waals surface area contributed by atoms with E-state index < -0.39 is 0 Å². The molecule has 0 saturated heterocycles. The Bertz CT molecular complexity index is 773. The molecule has 0 saturated carbocycles. The van der Waals surface area contributed by atoms with E-state index in [0.29, 0.717) is 5.28 Å². The second-order valence-electron chi connectivity index (χ2n) is 5.81. The number of fused-ring (bicyclic) bond motifs is 1. The van der Waals surface area contributed by atoms with E-state index in [2.05, 4.69) is 55.0 Å².